The minimum atomic E-state index is -0.155. The van der Waals surface area contributed by atoms with Crippen molar-refractivity contribution >= 4 is 90.6 Å². The molecule has 0 aliphatic rings. The molecule has 2 amide bonds. The van der Waals surface area contributed by atoms with Crippen LogP contribution in [0, 0.1) is 0 Å². The Morgan fingerprint density at radius 3 is 2.26 bits per heavy atom. The molecule has 3 rings (SSSR count). The lowest BCUT2D eigenvalue weighted by Gasteiger charge is -2.20. The molecule has 184 valence electrons. The SMILES string of the molecule is CCN(CC)C(=S)SCC(=O)Nc1ccc2nc(SCC(=O)Nc3ccc(C(C)=O)cc3)sc2c1. The molecule has 11 heteroatoms. The van der Waals surface area contributed by atoms with Gasteiger partial charge >= 0.3 is 0 Å². The second-order valence-corrected chi connectivity index (χ2v) is 11.3. The molecule has 7 nitrogen and oxygen atoms in total. The molecule has 0 aliphatic heterocycles. The predicted octanol–water partition coefficient (Wildman–Crippen LogP) is 5.53. The first-order valence-corrected chi connectivity index (χ1v) is 14.1. The highest BCUT2D eigenvalue weighted by molar-refractivity contribution is 8.23. The minimum absolute atomic E-state index is 0.0183. The summed E-state index contributed by atoms with van der Waals surface area (Å²) in [6, 6.07) is 12.4. The maximum Gasteiger partial charge on any atom is 0.234 e. The van der Waals surface area contributed by atoms with Crippen molar-refractivity contribution in [2.24, 2.45) is 0 Å². The summed E-state index contributed by atoms with van der Waals surface area (Å²) in [4.78, 5) is 42.6. The average Bonchev–Trinajstić information content (AvgIpc) is 3.25. The van der Waals surface area contributed by atoms with Crippen LogP contribution in [0.3, 0.4) is 0 Å². The molecule has 0 fully saturated rings. The predicted molar refractivity (Wildman–Crippen MR) is 152 cm³/mol. The molecule has 0 saturated carbocycles. The third-order valence-electron chi connectivity index (χ3n) is 4.90. The van der Waals surface area contributed by atoms with E-state index in [2.05, 4.69) is 15.6 Å². The van der Waals surface area contributed by atoms with Crippen LogP contribution in [-0.4, -0.2) is 56.4 Å². The number of aromatic nitrogens is 1. The number of ketones is 1. The second kappa shape index (κ2) is 13.0. The summed E-state index contributed by atoms with van der Waals surface area (Å²) in [6.07, 6.45) is 0. The molecule has 0 radical (unpaired) electrons. The van der Waals surface area contributed by atoms with Crippen molar-refractivity contribution in [3.8, 4) is 0 Å². The molecular weight excluding hydrogens is 521 g/mol. The number of anilines is 2. The lowest BCUT2D eigenvalue weighted by molar-refractivity contribution is -0.114. The Bertz CT molecular complexity index is 1220. The summed E-state index contributed by atoms with van der Waals surface area (Å²) in [5.74, 6) is 0.176. The van der Waals surface area contributed by atoms with Gasteiger partial charge in [0.2, 0.25) is 11.8 Å². The number of carbonyl (C=O) groups is 3. The van der Waals surface area contributed by atoms with Crippen LogP contribution in [0.4, 0.5) is 11.4 Å². The Balaban J connectivity index is 1.51. The van der Waals surface area contributed by atoms with Crippen LogP contribution in [-0.2, 0) is 9.59 Å². The van der Waals surface area contributed by atoms with Gasteiger partial charge in [0.1, 0.15) is 4.32 Å². The van der Waals surface area contributed by atoms with Crippen LogP contribution < -0.4 is 10.6 Å². The maximum absolute atomic E-state index is 12.3. The molecule has 2 N–H and O–H groups in total. The van der Waals surface area contributed by atoms with E-state index in [1.807, 2.05) is 36.9 Å². The Kier molecular flexibility index (Phi) is 10.1. The third-order valence-corrected chi connectivity index (χ3v) is 8.59. The van der Waals surface area contributed by atoms with E-state index in [-0.39, 0.29) is 29.1 Å². The van der Waals surface area contributed by atoms with E-state index in [1.165, 1.54) is 41.8 Å². The van der Waals surface area contributed by atoms with Gasteiger partial charge in [-0.3, -0.25) is 14.4 Å². The zero-order chi connectivity index (χ0) is 25.4. The molecule has 0 unspecified atom stereocenters. The Morgan fingerprint density at radius 2 is 1.60 bits per heavy atom. The molecule has 2 aromatic carbocycles. The third kappa shape index (κ3) is 8.03. The van der Waals surface area contributed by atoms with E-state index in [9.17, 15) is 14.4 Å². The highest BCUT2D eigenvalue weighted by atomic mass is 32.2. The van der Waals surface area contributed by atoms with Crippen molar-refractivity contribution < 1.29 is 14.4 Å². The minimum Gasteiger partial charge on any atom is -0.358 e. The van der Waals surface area contributed by atoms with Gasteiger partial charge in [0.05, 0.1) is 21.7 Å². The molecule has 0 aliphatic carbocycles. The number of nitrogens with zero attached hydrogens (tertiary/aromatic N) is 2. The summed E-state index contributed by atoms with van der Waals surface area (Å²) in [5, 5.41) is 5.73. The molecule has 1 heterocycles. The molecule has 0 spiro atoms. The number of thioether (sulfide) groups is 2. The summed E-state index contributed by atoms with van der Waals surface area (Å²) in [5.41, 5.74) is 2.75. The standard InChI is InChI=1S/C24H26N4O3S4/c1-4-28(5-2)24(32)34-14-22(31)26-18-10-11-19-20(12-18)35-23(27-19)33-13-21(30)25-17-8-6-16(7-9-17)15(3)29/h6-12H,4-5,13-14H2,1-3H3,(H,25,30)(H,26,31). The second-order valence-electron chi connectivity index (χ2n) is 7.41. The van der Waals surface area contributed by atoms with Crippen LogP contribution in [0.25, 0.3) is 10.2 Å². The lowest BCUT2D eigenvalue weighted by atomic mass is 10.1. The van der Waals surface area contributed by atoms with Crippen molar-refractivity contribution in [2.75, 3.05) is 35.2 Å². The normalized spacial score (nSPS) is 10.7. The van der Waals surface area contributed by atoms with Gasteiger partial charge in [0.15, 0.2) is 10.1 Å². The van der Waals surface area contributed by atoms with Gasteiger partial charge < -0.3 is 15.5 Å². The van der Waals surface area contributed by atoms with E-state index < -0.39 is 0 Å². The van der Waals surface area contributed by atoms with Crippen LogP contribution >= 0.6 is 47.1 Å². The van der Waals surface area contributed by atoms with Crippen LogP contribution in [0.2, 0.25) is 0 Å². The number of nitrogens with one attached hydrogen (secondary N) is 2. The van der Waals surface area contributed by atoms with E-state index >= 15 is 0 Å². The average molecular weight is 547 g/mol. The first-order chi connectivity index (χ1) is 16.8. The smallest absolute Gasteiger partial charge is 0.234 e. The molecule has 0 atom stereocenters. The van der Waals surface area contributed by atoms with Crippen molar-refractivity contribution in [3.05, 3.63) is 48.0 Å². The van der Waals surface area contributed by atoms with E-state index in [0.29, 0.717) is 16.9 Å². The maximum atomic E-state index is 12.3. The fourth-order valence-corrected chi connectivity index (χ4v) is 6.16. The van der Waals surface area contributed by atoms with Gasteiger partial charge in [-0.25, -0.2) is 4.98 Å². The zero-order valence-electron chi connectivity index (χ0n) is 19.6. The number of fused-ring (bicyclic) bond motifs is 1. The monoisotopic (exact) mass is 546 g/mol. The molecule has 3 aromatic rings. The molecule has 1 aromatic heterocycles. The number of Topliss-reactive ketones (excluding diaryl/α,β-unsaturated/α-hetero) is 1. The number of thiazole rings is 1. The largest absolute Gasteiger partial charge is 0.358 e. The molecule has 35 heavy (non-hydrogen) atoms. The van der Waals surface area contributed by atoms with Crippen molar-refractivity contribution in [3.63, 3.8) is 0 Å². The molecule has 0 saturated heterocycles. The number of thiocarbonyl (C=S) groups is 1. The first-order valence-electron chi connectivity index (χ1n) is 10.9. The van der Waals surface area contributed by atoms with Crippen molar-refractivity contribution in [2.45, 2.75) is 25.1 Å². The number of rotatable bonds is 10. The fraction of sp³-hybridized carbons (Fsp3) is 0.292. The number of benzene rings is 2. The number of amides is 2. The first kappa shape index (κ1) is 27.1. The van der Waals surface area contributed by atoms with Gasteiger partial charge in [0, 0.05) is 30.0 Å². The topological polar surface area (TPSA) is 91.4 Å². The molecule has 0 bridgehead atoms. The van der Waals surface area contributed by atoms with E-state index in [1.54, 1.807) is 24.3 Å². The summed E-state index contributed by atoms with van der Waals surface area (Å²) >= 11 is 9.56. The van der Waals surface area contributed by atoms with Crippen molar-refractivity contribution in [1.82, 2.24) is 9.88 Å². The molecular formula is C24H26N4O3S4. The van der Waals surface area contributed by atoms with Gasteiger partial charge in [-0.15, -0.1) is 11.3 Å². The zero-order valence-corrected chi connectivity index (χ0v) is 22.9. The van der Waals surface area contributed by atoms with Gasteiger partial charge in [0.25, 0.3) is 0 Å². The number of hydrogen-bond acceptors (Lipinski definition) is 8. The highest BCUT2D eigenvalue weighted by Crippen LogP contribution is 2.31. The van der Waals surface area contributed by atoms with Gasteiger partial charge in [-0.2, -0.15) is 0 Å². The summed E-state index contributed by atoms with van der Waals surface area (Å²) < 4.78 is 2.42. The Hall–Kier alpha value is -2.47. The highest BCUT2D eigenvalue weighted by Gasteiger charge is 2.12. The van der Waals surface area contributed by atoms with Crippen LogP contribution in [0.5, 0.6) is 0 Å². The van der Waals surface area contributed by atoms with Gasteiger partial charge in [-0.05, 0) is 63.2 Å². The van der Waals surface area contributed by atoms with E-state index in [0.717, 1.165) is 32.0 Å². The number of carbonyl (C=O) groups excluding carboxylic acids is 3. The fourth-order valence-electron chi connectivity index (χ4n) is 3.05. The van der Waals surface area contributed by atoms with Crippen LogP contribution in [0.15, 0.2) is 46.8 Å². The Morgan fingerprint density at radius 1 is 0.971 bits per heavy atom. The summed E-state index contributed by atoms with van der Waals surface area (Å²) in [6.45, 7) is 7.22. The van der Waals surface area contributed by atoms with Crippen LogP contribution in [0.1, 0.15) is 31.1 Å². The number of hydrogen-bond donors (Lipinski definition) is 2. The summed E-state index contributed by atoms with van der Waals surface area (Å²) in [7, 11) is 0. The Labute approximate surface area is 222 Å². The van der Waals surface area contributed by atoms with Crippen molar-refractivity contribution in [1.29, 1.82) is 0 Å². The quantitative estimate of drug-likeness (QED) is 0.195. The lowest BCUT2D eigenvalue weighted by Crippen LogP contribution is -2.28. The van der Waals surface area contributed by atoms with E-state index in [4.69, 9.17) is 12.2 Å². The van der Waals surface area contributed by atoms with Gasteiger partial charge in [-0.1, -0.05) is 35.7 Å².